The average molecular weight is 409 g/mol. The van der Waals surface area contributed by atoms with Gasteiger partial charge in [-0.05, 0) is 49.2 Å². The Morgan fingerprint density at radius 3 is 2.87 bits per heavy atom. The van der Waals surface area contributed by atoms with Crippen molar-refractivity contribution in [3.8, 4) is 17.2 Å². The molecule has 7 heteroatoms. The molecule has 0 fully saturated rings. The molecule has 0 aliphatic carbocycles. The summed E-state index contributed by atoms with van der Waals surface area (Å²) in [7, 11) is 0. The Hall–Kier alpha value is -3.48. The molecule has 1 atom stereocenters. The third kappa shape index (κ3) is 4.74. The van der Waals surface area contributed by atoms with Gasteiger partial charge >= 0.3 is 5.63 Å². The highest BCUT2D eigenvalue weighted by Gasteiger charge is 2.20. The van der Waals surface area contributed by atoms with Crippen LogP contribution in [0.15, 0.2) is 57.7 Å². The molecule has 2 aromatic carbocycles. The Morgan fingerprint density at radius 1 is 1.17 bits per heavy atom. The molecule has 1 aliphatic heterocycles. The predicted octanol–water partition coefficient (Wildman–Crippen LogP) is 3.22. The molecular formula is C23H23NO6. The van der Waals surface area contributed by atoms with E-state index in [1.54, 1.807) is 12.1 Å². The quantitative estimate of drug-likeness (QED) is 0.476. The Morgan fingerprint density at radius 2 is 2.00 bits per heavy atom. The van der Waals surface area contributed by atoms with Crippen molar-refractivity contribution >= 4 is 16.9 Å². The Kier molecular flexibility index (Phi) is 5.88. The number of fused-ring (bicyclic) bond motifs is 2. The normalized spacial score (nSPS) is 15.0. The molecule has 1 amide bonds. The minimum Gasteiger partial charge on any atom is -0.494 e. The first-order chi connectivity index (χ1) is 14.6. The molecule has 30 heavy (non-hydrogen) atoms. The summed E-state index contributed by atoms with van der Waals surface area (Å²) in [6.45, 7) is 3.06. The van der Waals surface area contributed by atoms with Crippen LogP contribution in [0.5, 0.6) is 17.2 Å². The summed E-state index contributed by atoms with van der Waals surface area (Å²) in [5.74, 6) is 2.04. The SMILES string of the molecule is Cc1cc(=O)oc2ccc(OCCCC(=O)NC[C@@H]3COc4ccccc4O3)cc12. The van der Waals surface area contributed by atoms with Crippen LogP contribution in [-0.2, 0) is 4.79 Å². The van der Waals surface area contributed by atoms with E-state index < -0.39 is 0 Å². The van der Waals surface area contributed by atoms with E-state index in [0.717, 1.165) is 16.7 Å². The maximum Gasteiger partial charge on any atom is 0.336 e. The summed E-state index contributed by atoms with van der Waals surface area (Å²) in [5.41, 5.74) is 1.000. The van der Waals surface area contributed by atoms with E-state index in [1.165, 1.54) is 6.07 Å². The summed E-state index contributed by atoms with van der Waals surface area (Å²) < 4.78 is 22.4. The summed E-state index contributed by atoms with van der Waals surface area (Å²) in [4.78, 5) is 23.5. The smallest absolute Gasteiger partial charge is 0.336 e. The van der Waals surface area contributed by atoms with Crippen LogP contribution in [-0.4, -0.2) is 31.8 Å². The van der Waals surface area contributed by atoms with Crippen LogP contribution in [0, 0.1) is 6.92 Å². The van der Waals surface area contributed by atoms with Crippen molar-refractivity contribution in [1.29, 1.82) is 0 Å². The number of benzene rings is 2. The number of carbonyl (C=O) groups excluding carboxylic acids is 1. The molecule has 4 rings (SSSR count). The zero-order chi connectivity index (χ0) is 20.9. The zero-order valence-corrected chi connectivity index (χ0v) is 16.7. The van der Waals surface area contributed by atoms with E-state index >= 15 is 0 Å². The van der Waals surface area contributed by atoms with E-state index in [1.807, 2.05) is 37.3 Å². The second-order valence-corrected chi connectivity index (χ2v) is 7.16. The fourth-order valence-corrected chi connectivity index (χ4v) is 3.29. The lowest BCUT2D eigenvalue weighted by atomic mass is 10.1. The van der Waals surface area contributed by atoms with Crippen molar-refractivity contribution in [3.05, 3.63) is 64.5 Å². The molecule has 156 valence electrons. The van der Waals surface area contributed by atoms with Crippen molar-refractivity contribution in [1.82, 2.24) is 5.32 Å². The molecule has 0 radical (unpaired) electrons. The number of carbonyl (C=O) groups is 1. The third-order valence-electron chi connectivity index (χ3n) is 4.83. The number of hydrogen-bond donors (Lipinski definition) is 1. The summed E-state index contributed by atoms with van der Waals surface area (Å²) in [6, 6.07) is 14.2. The second-order valence-electron chi connectivity index (χ2n) is 7.16. The number of hydrogen-bond acceptors (Lipinski definition) is 6. The topological polar surface area (TPSA) is 87.0 Å². The molecule has 2 heterocycles. The van der Waals surface area contributed by atoms with Gasteiger partial charge in [0.1, 0.15) is 24.0 Å². The van der Waals surface area contributed by atoms with Gasteiger partial charge in [-0.25, -0.2) is 4.79 Å². The minimum absolute atomic E-state index is 0.0582. The number of nitrogens with one attached hydrogen (secondary N) is 1. The van der Waals surface area contributed by atoms with E-state index in [9.17, 15) is 9.59 Å². The van der Waals surface area contributed by atoms with Gasteiger partial charge in [0.15, 0.2) is 11.5 Å². The maximum atomic E-state index is 12.1. The highest BCUT2D eigenvalue weighted by Crippen LogP contribution is 2.30. The summed E-state index contributed by atoms with van der Waals surface area (Å²) in [6.07, 6.45) is 0.726. The van der Waals surface area contributed by atoms with Gasteiger partial charge in [0.05, 0.1) is 13.2 Å². The Bertz CT molecular complexity index is 1110. The number of aryl methyl sites for hydroxylation is 1. The molecule has 7 nitrogen and oxygen atoms in total. The first-order valence-electron chi connectivity index (χ1n) is 9.91. The number of para-hydroxylation sites is 2. The van der Waals surface area contributed by atoms with Gasteiger partial charge in [0.2, 0.25) is 5.91 Å². The standard InChI is InChI=1S/C23H23NO6/c1-15-11-23(26)30-19-9-8-16(12-18(15)19)27-10-4-7-22(25)24-13-17-14-28-20-5-2-3-6-21(20)29-17/h2-3,5-6,8-9,11-12,17H,4,7,10,13-14H2,1H3,(H,24,25)/t17-/m1/s1. The molecule has 0 saturated heterocycles. The molecule has 0 unspecified atom stereocenters. The molecular weight excluding hydrogens is 386 g/mol. The van der Waals surface area contributed by atoms with Crippen LogP contribution >= 0.6 is 0 Å². The van der Waals surface area contributed by atoms with E-state index in [0.29, 0.717) is 49.7 Å². The largest absolute Gasteiger partial charge is 0.494 e. The van der Waals surface area contributed by atoms with Crippen LogP contribution < -0.4 is 25.2 Å². The monoisotopic (exact) mass is 409 g/mol. The van der Waals surface area contributed by atoms with Gasteiger partial charge < -0.3 is 23.9 Å². The number of rotatable bonds is 7. The summed E-state index contributed by atoms with van der Waals surface area (Å²) >= 11 is 0. The third-order valence-corrected chi connectivity index (χ3v) is 4.83. The van der Waals surface area contributed by atoms with E-state index in [2.05, 4.69) is 5.32 Å². The van der Waals surface area contributed by atoms with Gasteiger partial charge in [-0.1, -0.05) is 12.1 Å². The number of amides is 1. The Balaban J connectivity index is 1.19. The van der Waals surface area contributed by atoms with Crippen molar-refractivity contribution in [2.24, 2.45) is 0 Å². The molecule has 3 aromatic rings. The van der Waals surface area contributed by atoms with E-state index in [4.69, 9.17) is 18.6 Å². The highest BCUT2D eigenvalue weighted by molar-refractivity contribution is 5.81. The van der Waals surface area contributed by atoms with Crippen molar-refractivity contribution in [2.45, 2.75) is 25.9 Å². The maximum absolute atomic E-state index is 12.1. The van der Waals surface area contributed by atoms with Crippen LogP contribution in [0.1, 0.15) is 18.4 Å². The fraction of sp³-hybridized carbons (Fsp3) is 0.304. The van der Waals surface area contributed by atoms with E-state index in [-0.39, 0.29) is 17.6 Å². The summed E-state index contributed by atoms with van der Waals surface area (Å²) in [5, 5.41) is 3.71. The first kappa shape index (κ1) is 19.8. The average Bonchev–Trinajstić information content (AvgIpc) is 2.75. The highest BCUT2D eigenvalue weighted by atomic mass is 16.6. The van der Waals surface area contributed by atoms with Gasteiger partial charge in [0, 0.05) is 17.9 Å². The van der Waals surface area contributed by atoms with Crippen LogP contribution in [0.3, 0.4) is 0 Å². The van der Waals surface area contributed by atoms with Crippen molar-refractivity contribution in [2.75, 3.05) is 19.8 Å². The van der Waals surface area contributed by atoms with Crippen molar-refractivity contribution < 1.29 is 23.4 Å². The minimum atomic E-state index is -0.367. The lowest BCUT2D eigenvalue weighted by Crippen LogP contribution is -2.40. The molecule has 1 N–H and O–H groups in total. The van der Waals surface area contributed by atoms with Gasteiger partial charge in [-0.3, -0.25) is 4.79 Å². The van der Waals surface area contributed by atoms with Gasteiger partial charge in [-0.2, -0.15) is 0 Å². The molecule has 1 aliphatic rings. The molecule has 1 aromatic heterocycles. The second kappa shape index (κ2) is 8.90. The fourth-order valence-electron chi connectivity index (χ4n) is 3.29. The lowest BCUT2D eigenvalue weighted by Gasteiger charge is -2.26. The van der Waals surface area contributed by atoms with Gasteiger partial charge in [0.25, 0.3) is 0 Å². The number of ether oxygens (including phenoxy) is 3. The van der Waals surface area contributed by atoms with Crippen molar-refractivity contribution in [3.63, 3.8) is 0 Å². The molecule has 0 spiro atoms. The zero-order valence-electron chi connectivity index (χ0n) is 16.7. The molecule has 0 saturated carbocycles. The van der Waals surface area contributed by atoms with Gasteiger partial charge in [-0.15, -0.1) is 0 Å². The first-order valence-corrected chi connectivity index (χ1v) is 9.91. The van der Waals surface area contributed by atoms with Crippen LogP contribution in [0.4, 0.5) is 0 Å². The molecule has 0 bridgehead atoms. The Labute approximate surface area is 173 Å². The van der Waals surface area contributed by atoms with Crippen LogP contribution in [0.25, 0.3) is 11.0 Å². The lowest BCUT2D eigenvalue weighted by molar-refractivity contribution is -0.121. The van der Waals surface area contributed by atoms with Crippen LogP contribution in [0.2, 0.25) is 0 Å². The predicted molar refractivity (Wildman–Crippen MR) is 111 cm³/mol.